The van der Waals surface area contributed by atoms with Crippen molar-refractivity contribution < 1.29 is 9.90 Å². The number of piperidine rings is 1. The van der Waals surface area contributed by atoms with Gasteiger partial charge in [-0.2, -0.15) is 0 Å². The molecule has 1 fully saturated rings. The fourth-order valence-electron chi connectivity index (χ4n) is 2.45. The lowest BCUT2D eigenvalue weighted by Crippen LogP contribution is -2.47. The molecule has 0 aromatic carbocycles. The second-order valence-corrected chi connectivity index (χ2v) is 4.92. The average molecular weight is 242 g/mol. The van der Waals surface area contributed by atoms with Crippen molar-refractivity contribution in [2.24, 2.45) is 5.41 Å². The fourth-order valence-corrected chi connectivity index (χ4v) is 2.45. The topological polar surface area (TPSA) is 61.4 Å². The van der Waals surface area contributed by atoms with Crippen molar-refractivity contribution in [3.8, 4) is 0 Å². The summed E-state index contributed by atoms with van der Waals surface area (Å²) in [6, 6.07) is 0. The summed E-state index contributed by atoms with van der Waals surface area (Å²) in [7, 11) is 0. The summed E-state index contributed by atoms with van der Waals surface area (Å²) in [5.74, 6) is 0.227. The summed E-state index contributed by atoms with van der Waals surface area (Å²) in [6.07, 6.45) is 5.61. The minimum absolute atomic E-state index is 0.137. The van der Waals surface area contributed by atoms with Crippen LogP contribution in [-0.4, -0.2) is 37.3 Å². The molecular weight excluding hydrogens is 216 g/mol. The molecule has 100 valence electrons. The number of unbranched alkanes of at least 4 members (excludes halogenated alkanes) is 2. The molecule has 1 aliphatic rings. The van der Waals surface area contributed by atoms with Crippen molar-refractivity contribution >= 4 is 5.91 Å². The molecule has 0 spiro atoms. The van der Waals surface area contributed by atoms with Crippen LogP contribution in [0.25, 0.3) is 0 Å². The van der Waals surface area contributed by atoms with E-state index in [2.05, 4.69) is 17.6 Å². The molecule has 0 bridgehead atoms. The number of amides is 1. The van der Waals surface area contributed by atoms with Crippen LogP contribution in [0, 0.1) is 5.41 Å². The first-order chi connectivity index (χ1) is 8.25. The Bertz CT molecular complexity index is 225. The van der Waals surface area contributed by atoms with Crippen LogP contribution in [-0.2, 0) is 4.79 Å². The lowest BCUT2D eigenvalue weighted by Gasteiger charge is -2.35. The van der Waals surface area contributed by atoms with E-state index in [4.69, 9.17) is 5.11 Å². The van der Waals surface area contributed by atoms with E-state index in [1.54, 1.807) is 0 Å². The van der Waals surface area contributed by atoms with Gasteiger partial charge in [0.25, 0.3) is 0 Å². The van der Waals surface area contributed by atoms with Crippen molar-refractivity contribution in [1.29, 1.82) is 0 Å². The minimum atomic E-state index is -0.137. The maximum atomic E-state index is 12.2. The Morgan fingerprint density at radius 2 is 2.00 bits per heavy atom. The lowest BCUT2D eigenvalue weighted by atomic mass is 9.76. The molecule has 4 nitrogen and oxygen atoms in total. The molecule has 1 rings (SSSR count). The molecule has 0 atom stereocenters. The van der Waals surface area contributed by atoms with Gasteiger partial charge in [0.1, 0.15) is 0 Å². The Morgan fingerprint density at radius 3 is 2.59 bits per heavy atom. The van der Waals surface area contributed by atoms with Crippen LogP contribution >= 0.6 is 0 Å². The van der Waals surface area contributed by atoms with Gasteiger partial charge in [-0.25, -0.2) is 0 Å². The van der Waals surface area contributed by atoms with Crippen LogP contribution < -0.4 is 10.6 Å². The summed E-state index contributed by atoms with van der Waals surface area (Å²) in [5, 5.41) is 15.0. The van der Waals surface area contributed by atoms with Gasteiger partial charge in [0.15, 0.2) is 0 Å². The van der Waals surface area contributed by atoms with Crippen molar-refractivity contribution in [2.75, 3.05) is 26.2 Å². The third-order valence-corrected chi connectivity index (χ3v) is 3.84. The standard InChI is InChI=1S/C13H26N2O2/c1-2-13(6-9-14-10-7-13)12(17)15-8-4-3-5-11-16/h14,16H,2-11H2,1H3,(H,15,17). The number of hydrogen-bond acceptors (Lipinski definition) is 3. The summed E-state index contributed by atoms with van der Waals surface area (Å²) in [4.78, 5) is 12.2. The van der Waals surface area contributed by atoms with Crippen LogP contribution in [0.4, 0.5) is 0 Å². The van der Waals surface area contributed by atoms with Crippen LogP contribution in [0.3, 0.4) is 0 Å². The third kappa shape index (κ3) is 4.28. The molecule has 3 N–H and O–H groups in total. The Hall–Kier alpha value is -0.610. The average Bonchev–Trinajstić information content (AvgIpc) is 2.39. The number of rotatable bonds is 7. The van der Waals surface area contributed by atoms with Crippen molar-refractivity contribution in [3.63, 3.8) is 0 Å². The third-order valence-electron chi connectivity index (χ3n) is 3.84. The zero-order chi connectivity index (χ0) is 12.6. The molecule has 0 saturated carbocycles. The Balaban J connectivity index is 2.28. The Morgan fingerprint density at radius 1 is 1.29 bits per heavy atom. The monoisotopic (exact) mass is 242 g/mol. The second-order valence-electron chi connectivity index (χ2n) is 4.92. The number of carbonyl (C=O) groups excluding carboxylic acids is 1. The van der Waals surface area contributed by atoms with Gasteiger partial charge in [-0.15, -0.1) is 0 Å². The first-order valence-corrected chi connectivity index (χ1v) is 6.85. The van der Waals surface area contributed by atoms with Crippen LogP contribution in [0.5, 0.6) is 0 Å². The number of hydrogen-bond donors (Lipinski definition) is 3. The van der Waals surface area contributed by atoms with Crippen molar-refractivity contribution in [3.05, 3.63) is 0 Å². The van der Waals surface area contributed by atoms with E-state index >= 15 is 0 Å². The van der Waals surface area contributed by atoms with E-state index in [1.165, 1.54) is 0 Å². The zero-order valence-electron chi connectivity index (χ0n) is 10.9. The molecule has 1 aliphatic heterocycles. The second kappa shape index (κ2) is 7.67. The van der Waals surface area contributed by atoms with Gasteiger partial charge in [-0.3, -0.25) is 4.79 Å². The quantitative estimate of drug-likeness (QED) is 0.585. The summed E-state index contributed by atoms with van der Waals surface area (Å²) >= 11 is 0. The molecular formula is C13H26N2O2. The molecule has 0 aromatic rings. The molecule has 0 unspecified atom stereocenters. The highest BCUT2D eigenvalue weighted by molar-refractivity contribution is 5.82. The molecule has 1 amide bonds. The van der Waals surface area contributed by atoms with Gasteiger partial charge < -0.3 is 15.7 Å². The fraction of sp³-hybridized carbons (Fsp3) is 0.923. The van der Waals surface area contributed by atoms with Gasteiger partial charge in [-0.05, 0) is 51.6 Å². The molecule has 0 aromatic heterocycles. The molecule has 0 aliphatic carbocycles. The van der Waals surface area contributed by atoms with Gasteiger partial charge in [0.2, 0.25) is 5.91 Å². The Labute approximate surface area is 104 Å². The van der Waals surface area contributed by atoms with E-state index in [-0.39, 0.29) is 17.9 Å². The minimum Gasteiger partial charge on any atom is -0.396 e. The first-order valence-electron chi connectivity index (χ1n) is 6.85. The van der Waals surface area contributed by atoms with Gasteiger partial charge in [0.05, 0.1) is 5.41 Å². The maximum Gasteiger partial charge on any atom is 0.226 e. The summed E-state index contributed by atoms with van der Waals surface area (Å²) < 4.78 is 0. The van der Waals surface area contributed by atoms with E-state index in [0.717, 1.165) is 58.2 Å². The van der Waals surface area contributed by atoms with Crippen molar-refractivity contribution in [1.82, 2.24) is 10.6 Å². The number of carbonyl (C=O) groups is 1. The summed E-state index contributed by atoms with van der Waals surface area (Å²) in [6.45, 7) is 5.00. The lowest BCUT2D eigenvalue weighted by molar-refractivity contribution is -0.132. The van der Waals surface area contributed by atoms with Crippen LogP contribution in [0.2, 0.25) is 0 Å². The molecule has 17 heavy (non-hydrogen) atoms. The smallest absolute Gasteiger partial charge is 0.226 e. The molecule has 4 heteroatoms. The van der Waals surface area contributed by atoms with Gasteiger partial charge >= 0.3 is 0 Å². The first kappa shape index (κ1) is 14.5. The predicted molar refractivity (Wildman–Crippen MR) is 68.8 cm³/mol. The molecule has 1 saturated heterocycles. The van der Waals surface area contributed by atoms with Crippen LogP contribution in [0.15, 0.2) is 0 Å². The summed E-state index contributed by atoms with van der Waals surface area (Å²) in [5.41, 5.74) is -0.137. The van der Waals surface area contributed by atoms with E-state index in [0.29, 0.717) is 0 Å². The maximum absolute atomic E-state index is 12.2. The van der Waals surface area contributed by atoms with E-state index in [1.807, 2.05) is 0 Å². The van der Waals surface area contributed by atoms with E-state index in [9.17, 15) is 4.79 Å². The highest BCUT2D eigenvalue weighted by atomic mass is 16.2. The largest absolute Gasteiger partial charge is 0.396 e. The number of nitrogens with one attached hydrogen (secondary N) is 2. The van der Waals surface area contributed by atoms with Crippen molar-refractivity contribution in [2.45, 2.75) is 45.4 Å². The van der Waals surface area contributed by atoms with Gasteiger partial charge in [-0.1, -0.05) is 6.92 Å². The predicted octanol–water partition coefficient (Wildman–Crippen LogP) is 1.04. The Kier molecular flexibility index (Phi) is 6.52. The van der Waals surface area contributed by atoms with Gasteiger partial charge in [0, 0.05) is 13.2 Å². The highest BCUT2D eigenvalue weighted by Gasteiger charge is 2.37. The highest BCUT2D eigenvalue weighted by Crippen LogP contribution is 2.32. The molecule has 0 radical (unpaired) electrons. The normalized spacial score (nSPS) is 18.9. The zero-order valence-corrected chi connectivity index (χ0v) is 10.9. The number of aliphatic hydroxyl groups is 1. The SMILES string of the molecule is CCC1(C(=O)NCCCCCO)CCNCC1. The van der Waals surface area contributed by atoms with Crippen LogP contribution in [0.1, 0.15) is 45.4 Å². The van der Waals surface area contributed by atoms with E-state index < -0.39 is 0 Å². The number of aliphatic hydroxyl groups excluding tert-OH is 1. The molecule has 1 heterocycles.